The van der Waals surface area contributed by atoms with Crippen molar-refractivity contribution >= 4 is 29.1 Å². The fraction of sp³-hybridized carbons (Fsp3) is 0.414. The third-order valence-corrected chi connectivity index (χ3v) is 8.08. The molecular formula is C29H33ClN6O3. The molecule has 0 spiro atoms. The van der Waals surface area contributed by atoms with Crippen LogP contribution in [0, 0.1) is 0 Å². The van der Waals surface area contributed by atoms with E-state index in [2.05, 4.69) is 32.3 Å². The number of piperazine rings is 1. The van der Waals surface area contributed by atoms with Crippen LogP contribution in [-0.2, 0) is 16.1 Å². The zero-order valence-corrected chi connectivity index (χ0v) is 22.6. The highest BCUT2D eigenvalue weighted by molar-refractivity contribution is 6.32. The molecule has 6 rings (SSSR count). The molecule has 1 atom stereocenters. The predicted octanol–water partition coefficient (Wildman–Crippen LogP) is 3.54. The summed E-state index contributed by atoms with van der Waals surface area (Å²) in [7, 11) is 0. The van der Waals surface area contributed by atoms with E-state index in [-0.39, 0.29) is 18.5 Å². The van der Waals surface area contributed by atoms with Crippen molar-refractivity contribution in [2.75, 3.05) is 56.2 Å². The number of benzene rings is 2. The number of halogens is 1. The van der Waals surface area contributed by atoms with Crippen LogP contribution >= 0.6 is 11.6 Å². The van der Waals surface area contributed by atoms with Crippen LogP contribution in [0.3, 0.4) is 0 Å². The number of para-hydroxylation sites is 1. The molecule has 39 heavy (non-hydrogen) atoms. The summed E-state index contributed by atoms with van der Waals surface area (Å²) in [6, 6.07) is 16.4. The number of aliphatic hydroxyl groups excluding tert-OH is 1. The maximum atomic E-state index is 13.1. The summed E-state index contributed by atoms with van der Waals surface area (Å²) in [5, 5.41) is 15.0. The standard InChI is InChI=1S/C29H33ClN6O3/c30-25-17-31-29(32-22-8-14-39-15-9-22)33-27(25)20-6-7-21-18-36(28(38)24(21)16-20)19-26(37)35-12-10-34(11-13-35)23-4-2-1-3-5-23/h1-7,16-17,22,28,38H,8-15,18-19H2,(H,31,32,33). The van der Waals surface area contributed by atoms with E-state index in [0.29, 0.717) is 36.3 Å². The lowest BCUT2D eigenvalue weighted by atomic mass is 10.0. The van der Waals surface area contributed by atoms with E-state index in [9.17, 15) is 9.90 Å². The van der Waals surface area contributed by atoms with E-state index in [4.69, 9.17) is 16.3 Å². The second-order valence-electron chi connectivity index (χ2n) is 10.3. The molecule has 10 heteroatoms. The number of aliphatic hydroxyl groups is 1. The molecule has 2 N–H and O–H groups in total. The van der Waals surface area contributed by atoms with Crippen molar-refractivity contribution < 1.29 is 14.6 Å². The van der Waals surface area contributed by atoms with Crippen LogP contribution in [0.4, 0.5) is 11.6 Å². The highest BCUT2D eigenvalue weighted by Gasteiger charge is 2.32. The fourth-order valence-corrected chi connectivity index (χ4v) is 5.76. The summed E-state index contributed by atoms with van der Waals surface area (Å²) in [5.41, 5.74) is 4.38. The Bertz CT molecular complexity index is 1310. The van der Waals surface area contributed by atoms with Gasteiger partial charge in [-0.3, -0.25) is 9.69 Å². The number of ether oxygens (including phenoxy) is 1. The van der Waals surface area contributed by atoms with Crippen molar-refractivity contribution in [2.24, 2.45) is 0 Å². The average molecular weight is 549 g/mol. The van der Waals surface area contributed by atoms with Crippen LogP contribution in [0.2, 0.25) is 5.02 Å². The highest BCUT2D eigenvalue weighted by atomic mass is 35.5. The molecule has 0 aliphatic carbocycles. The number of carbonyl (C=O) groups excluding carboxylic acids is 1. The number of hydrogen-bond acceptors (Lipinski definition) is 8. The minimum atomic E-state index is -0.866. The zero-order valence-electron chi connectivity index (χ0n) is 21.8. The number of fused-ring (bicyclic) bond motifs is 1. The number of anilines is 2. The fourth-order valence-electron chi connectivity index (χ4n) is 5.56. The second-order valence-corrected chi connectivity index (χ2v) is 10.7. The van der Waals surface area contributed by atoms with Crippen LogP contribution in [-0.4, -0.2) is 82.8 Å². The molecule has 204 valence electrons. The van der Waals surface area contributed by atoms with E-state index < -0.39 is 6.23 Å². The molecule has 3 aromatic rings. The summed E-state index contributed by atoms with van der Waals surface area (Å²) >= 11 is 6.49. The quantitative estimate of drug-likeness (QED) is 0.483. The lowest BCUT2D eigenvalue weighted by Crippen LogP contribution is -2.51. The van der Waals surface area contributed by atoms with Gasteiger partial charge in [-0.2, -0.15) is 0 Å². The minimum absolute atomic E-state index is 0.0393. The number of nitrogens with one attached hydrogen (secondary N) is 1. The maximum Gasteiger partial charge on any atom is 0.236 e. The molecule has 0 saturated carbocycles. The van der Waals surface area contributed by atoms with Gasteiger partial charge in [0.1, 0.15) is 6.23 Å². The van der Waals surface area contributed by atoms with E-state index in [1.807, 2.05) is 46.2 Å². The van der Waals surface area contributed by atoms with Gasteiger partial charge >= 0.3 is 0 Å². The highest BCUT2D eigenvalue weighted by Crippen LogP contribution is 2.36. The molecule has 2 fully saturated rings. The van der Waals surface area contributed by atoms with Crippen molar-refractivity contribution in [1.82, 2.24) is 19.8 Å². The normalized spacial score (nSPS) is 20.2. The Morgan fingerprint density at radius 3 is 2.62 bits per heavy atom. The Labute approximate surface area is 233 Å². The van der Waals surface area contributed by atoms with Gasteiger partial charge in [0.2, 0.25) is 11.9 Å². The second kappa shape index (κ2) is 11.5. The minimum Gasteiger partial charge on any atom is -0.381 e. The Balaban J connectivity index is 1.10. The smallest absolute Gasteiger partial charge is 0.236 e. The molecule has 9 nitrogen and oxygen atoms in total. The van der Waals surface area contributed by atoms with Crippen molar-refractivity contribution in [2.45, 2.75) is 31.7 Å². The summed E-state index contributed by atoms with van der Waals surface area (Å²) < 4.78 is 5.43. The first-order valence-electron chi connectivity index (χ1n) is 13.5. The third-order valence-electron chi connectivity index (χ3n) is 7.81. The van der Waals surface area contributed by atoms with Gasteiger partial charge in [0.15, 0.2) is 0 Å². The number of amides is 1. The average Bonchev–Trinajstić information content (AvgIpc) is 3.29. The van der Waals surface area contributed by atoms with Gasteiger partial charge in [-0.1, -0.05) is 41.9 Å². The molecule has 0 bridgehead atoms. The van der Waals surface area contributed by atoms with Gasteiger partial charge in [0.25, 0.3) is 0 Å². The lowest BCUT2D eigenvalue weighted by Gasteiger charge is -2.37. The van der Waals surface area contributed by atoms with Gasteiger partial charge in [0, 0.05) is 68.8 Å². The molecule has 2 saturated heterocycles. The van der Waals surface area contributed by atoms with Gasteiger partial charge in [-0.15, -0.1) is 0 Å². The first kappa shape index (κ1) is 26.0. The molecule has 0 radical (unpaired) electrons. The van der Waals surface area contributed by atoms with Gasteiger partial charge in [0.05, 0.1) is 23.5 Å². The van der Waals surface area contributed by atoms with Crippen molar-refractivity contribution in [1.29, 1.82) is 0 Å². The van der Waals surface area contributed by atoms with Crippen LogP contribution in [0.5, 0.6) is 0 Å². The lowest BCUT2D eigenvalue weighted by molar-refractivity contribution is -0.135. The largest absolute Gasteiger partial charge is 0.381 e. The van der Waals surface area contributed by atoms with Gasteiger partial charge < -0.3 is 25.0 Å². The van der Waals surface area contributed by atoms with Gasteiger partial charge in [-0.25, -0.2) is 9.97 Å². The number of carbonyl (C=O) groups is 1. The first-order valence-corrected chi connectivity index (χ1v) is 13.9. The van der Waals surface area contributed by atoms with E-state index >= 15 is 0 Å². The van der Waals surface area contributed by atoms with Crippen LogP contribution in [0.25, 0.3) is 11.3 Å². The SMILES string of the molecule is O=C(CN1Cc2ccc(-c3nc(NC4CCOCC4)ncc3Cl)cc2C1O)N1CCN(c2ccccc2)CC1. The first-order chi connectivity index (χ1) is 19.0. The Kier molecular flexibility index (Phi) is 7.65. The molecule has 3 aliphatic rings. The van der Waals surface area contributed by atoms with Crippen molar-refractivity contribution in [3.8, 4) is 11.3 Å². The Morgan fingerprint density at radius 1 is 1.08 bits per heavy atom. The molecule has 3 aliphatic heterocycles. The molecule has 1 unspecified atom stereocenters. The van der Waals surface area contributed by atoms with Gasteiger partial charge in [-0.05, 0) is 36.6 Å². The summed E-state index contributed by atoms with van der Waals surface area (Å²) in [5.74, 6) is 0.569. The summed E-state index contributed by atoms with van der Waals surface area (Å²) in [6.07, 6.45) is 2.56. The molecule has 2 aromatic carbocycles. The molecule has 1 amide bonds. The van der Waals surface area contributed by atoms with Crippen LogP contribution in [0.1, 0.15) is 30.2 Å². The molecule has 1 aromatic heterocycles. The summed E-state index contributed by atoms with van der Waals surface area (Å²) in [6.45, 7) is 5.08. The van der Waals surface area contributed by atoms with Crippen molar-refractivity contribution in [3.05, 3.63) is 70.9 Å². The topological polar surface area (TPSA) is 94.1 Å². The summed E-state index contributed by atoms with van der Waals surface area (Å²) in [4.78, 5) is 28.2. The maximum absolute atomic E-state index is 13.1. The monoisotopic (exact) mass is 548 g/mol. The molecular weight excluding hydrogens is 516 g/mol. The zero-order chi connectivity index (χ0) is 26.8. The van der Waals surface area contributed by atoms with Crippen LogP contribution < -0.4 is 10.2 Å². The number of aromatic nitrogens is 2. The Morgan fingerprint density at radius 2 is 1.85 bits per heavy atom. The number of rotatable bonds is 6. The predicted molar refractivity (Wildman–Crippen MR) is 151 cm³/mol. The Hall–Kier alpha value is -3.24. The van der Waals surface area contributed by atoms with E-state index in [0.717, 1.165) is 55.8 Å². The van der Waals surface area contributed by atoms with E-state index in [1.165, 1.54) is 5.69 Å². The van der Waals surface area contributed by atoms with Crippen LogP contribution in [0.15, 0.2) is 54.7 Å². The number of hydrogen-bond donors (Lipinski definition) is 2. The molecule has 4 heterocycles. The third kappa shape index (κ3) is 5.72. The van der Waals surface area contributed by atoms with E-state index in [1.54, 1.807) is 6.20 Å². The van der Waals surface area contributed by atoms with Crippen molar-refractivity contribution in [3.63, 3.8) is 0 Å². The number of nitrogens with zero attached hydrogens (tertiary/aromatic N) is 5.